The van der Waals surface area contributed by atoms with E-state index in [9.17, 15) is 0 Å². The summed E-state index contributed by atoms with van der Waals surface area (Å²) >= 11 is 0. The number of ketones is 1. The van der Waals surface area contributed by atoms with Crippen LogP contribution in [-0.2, 0) is 4.42 Å². The van der Waals surface area contributed by atoms with Crippen molar-refractivity contribution in [2.75, 3.05) is 28.2 Å². The van der Waals surface area contributed by atoms with Crippen molar-refractivity contribution in [2.24, 2.45) is 62.1 Å². The number of hydrogen-bond acceptors (Lipinski definition) is 10. The Morgan fingerprint density at radius 1 is 0.688 bits per heavy atom. The van der Waals surface area contributed by atoms with Gasteiger partial charge >= 0.3 is 11.7 Å². The van der Waals surface area contributed by atoms with Crippen molar-refractivity contribution in [3.63, 3.8) is 0 Å². The van der Waals surface area contributed by atoms with Gasteiger partial charge in [0.1, 0.15) is 67.0 Å². The van der Waals surface area contributed by atoms with Crippen LogP contribution in [-0.4, -0.2) is 125 Å². The van der Waals surface area contributed by atoms with Gasteiger partial charge in [-0.15, -0.1) is 9.98 Å². The lowest BCUT2D eigenvalue weighted by Crippen LogP contribution is -2.02. The average molecular weight is 1250 g/mol. The van der Waals surface area contributed by atoms with Crippen LogP contribution in [0, 0.1) is 62.2 Å². The van der Waals surface area contributed by atoms with E-state index in [1.807, 2.05) is 180 Å². The van der Waals surface area contributed by atoms with Crippen molar-refractivity contribution in [2.45, 2.75) is 96.4 Å². The maximum atomic E-state index is 5.04. The van der Waals surface area contributed by atoms with Gasteiger partial charge in [-0.1, -0.05) is 60.5 Å². The molecule has 478 valence electrons. The fourth-order valence-electron chi connectivity index (χ4n) is 6.50. The lowest BCUT2D eigenvalue weighted by atomic mass is 10.0. The number of hydrazone groups is 2. The standard InChI is InChI=1S/C8H9.C7H10N.3C7H8N.3C6H9N2.2C6H7N2.C6H8NO.C5H9/c1-7-5-3-4-6-8(7)2;1-6-4-8(3)5-7(6)2;1-6-3-4-8-5-7(6)2;2*1-6-4-3-5-8-7(6)2;1-5-4-8(3)7-6(5)2;2*1-5-4-7-8(3)6(5)2;2*1-5-3-7-4-8-6(5)2;1-4-5(2)8-6(3)7-4;1-4-3-5(4)2/h3-6H,1H2,2H3;4-5H,1H2,2-3H3;3-5H,1H2,2H3;3-5H,2H2,1H3;3-5H,1H2,2H3;4H,1H2,2-3H3;4H,2H2,1,3H3;4H,1H2,2-3H3;3-4H,2H2,1H3;3-4H,1H2,2H3;1H2,2-3H3;4-5H,1,3H2,2H3/q12*+1. The Hall–Kier alpha value is -10.5. The molecule has 16 nitrogen and oxygen atoms in total. The minimum absolute atomic E-state index is 0.688. The molecule has 0 radical (unpaired) electrons. The lowest BCUT2D eigenvalue weighted by molar-refractivity contribution is -0.503. The van der Waals surface area contributed by atoms with Crippen LogP contribution < -0.4 is 0 Å². The number of allylic oxidation sites excluding steroid dienone is 18. The van der Waals surface area contributed by atoms with Crippen LogP contribution in [0.1, 0.15) is 96.4 Å². The van der Waals surface area contributed by atoms with Gasteiger partial charge in [-0.3, -0.25) is 0 Å². The summed E-state index contributed by atoms with van der Waals surface area (Å²) in [5.74, 6) is 6.56. The molecule has 0 aromatic rings. The van der Waals surface area contributed by atoms with Crippen LogP contribution >= 0.6 is 0 Å². The number of dihydropyridines is 2. The van der Waals surface area contributed by atoms with E-state index in [-0.39, 0.29) is 0 Å². The van der Waals surface area contributed by atoms with Gasteiger partial charge in [0.15, 0.2) is 51.2 Å². The largest absolute Gasteiger partial charge is 0.441 e. The summed E-state index contributed by atoms with van der Waals surface area (Å²) < 4.78 is 12.4. The van der Waals surface area contributed by atoms with E-state index in [1.165, 1.54) is 30.6 Å². The quantitative estimate of drug-likeness (QED) is 0.0978. The smallest absolute Gasteiger partial charge is 0.425 e. The summed E-state index contributed by atoms with van der Waals surface area (Å²) in [4.78, 5) is 27.2. The summed E-state index contributed by atoms with van der Waals surface area (Å²) in [7, 11) is 7.68. The SMILES string of the molecule is C=C1C(C)=CN=[N+]1C.C=C1C=CN=C[C+]1C.C=C1C=C[CH+]C=C1C.C=C1C=C[CH+]N=C1C.C=C1C=N[CH+][N-][C+]1C.C=C1C=N[N+](C)=C1C.C=C1C=[N+](C)C=C1C.C=C1C=[N+](C)N=C1C.C=C1N=C(C)[O+]=C1C.C=C1N=CC=C[C+]1C.C=C1N=CN=C[C+]1C.[CH2+]C1CC1C. The molecule has 93 heavy (non-hydrogen) atoms. The molecule has 0 aromatic heterocycles. The number of hydrogen-bond donors (Lipinski definition) is 0. The van der Waals surface area contributed by atoms with Gasteiger partial charge < -0.3 is 5.32 Å². The van der Waals surface area contributed by atoms with Crippen molar-refractivity contribution >= 4 is 78.7 Å². The third-order valence-corrected chi connectivity index (χ3v) is 13.9. The molecular formula is C77H101N15O+12. The van der Waals surface area contributed by atoms with Crippen LogP contribution in [0.25, 0.3) is 5.32 Å². The van der Waals surface area contributed by atoms with E-state index < -0.39 is 0 Å². The minimum atomic E-state index is 0.688. The second-order valence-electron chi connectivity index (χ2n) is 22.1. The maximum Gasteiger partial charge on any atom is 0.425 e. The molecule has 1 saturated carbocycles. The topological polar surface area (TPSA) is 161 Å². The summed E-state index contributed by atoms with van der Waals surface area (Å²) in [6, 6.07) is 0.944. The predicted octanol–water partition coefficient (Wildman–Crippen LogP) is 16.9. The van der Waals surface area contributed by atoms with Gasteiger partial charge in [0.25, 0.3) is 0 Å². The van der Waals surface area contributed by atoms with Crippen LogP contribution in [0.4, 0.5) is 0 Å². The van der Waals surface area contributed by atoms with E-state index in [0.717, 1.165) is 126 Å². The van der Waals surface area contributed by atoms with Crippen molar-refractivity contribution in [3.05, 3.63) is 274 Å². The fraction of sp³-hybridized carbons (Fsp3) is 0.260. The van der Waals surface area contributed by atoms with Crippen LogP contribution in [0.15, 0.2) is 268 Å². The predicted molar refractivity (Wildman–Crippen MR) is 404 cm³/mol. The highest BCUT2D eigenvalue weighted by Crippen LogP contribution is 2.36. The number of rotatable bonds is 0. The lowest BCUT2D eigenvalue weighted by Gasteiger charge is -2.16. The second-order valence-corrected chi connectivity index (χ2v) is 22.1. The fourth-order valence-corrected chi connectivity index (χ4v) is 6.50. The van der Waals surface area contributed by atoms with Gasteiger partial charge in [0.05, 0.1) is 123 Å². The first-order valence-electron chi connectivity index (χ1n) is 29.9. The van der Waals surface area contributed by atoms with E-state index in [0.29, 0.717) is 5.90 Å². The zero-order valence-corrected chi connectivity index (χ0v) is 58.7. The molecule has 10 aliphatic heterocycles. The molecule has 2 unspecified atom stereocenters. The molecule has 2 aliphatic carbocycles. The number of azo groups is 2. The zero-order chi connectivity index (χ0) is 70.5. The minimum Gasteiger partial charge on any atom is -0.441 e. The molecular weight excluding hydrogens is 1150 g/mol. The Morgan fingerprint density at radius 3 is 1.57 bits per heavy atom. The Labute approximate surface area is 559 Å². The van der Waals surface area contributed by atoms with Crippen molar-refractivity contribution < 1.29 is 23.1 Å². The average Bonchev–Trinajstić information content (AvgIpc) is 2.96. The van der Waals surface area contributed by atoms with E-state index in [2.05, 4.69) is 168 Å². The molecule has 10 heterocycles. The molecule has 12 rings (SSSR count). The molecule has 16 heteroatoms. The molecule has 0 spiro atoms. The molecule has 0 N–H and O–H groups in total. The van der Waals surface area contributed by atoms with Crippen LogP contribution in [0.5, 0.6) is 0 Å². The van der Waals surface area contributed by atoms with Crippen LogP contribution in [0.2, 0.25) is 0 Å². The highest BCUT2D eigenvalue weighted by atomic mass is 16.4. The number of likely N-dealkylation sites (N-methyl/N-ethyl adjacent to an activating group) is 1. The van der Waals surface area contributed by atoms with Crippen molar-refractivity contribution in [3.8, 4) is 0 Å². The molecule has 1 fully saturated rings. The van der Waals surface area contributed by atoms with Crippen molar-refractivity contribution in [1.29, 1.82) is 0 Å². The molecule has 0 bridgehead atoms. The number of nitrogens with zero attached hydrogens (tertiary/aromatic N) is 15. The molecule has 0 saturated heterocycles. The van der Waals surface area contributed by atoms with Gasteiger partial charge in [0, 0.05) is 115 Å². The molecule has 12 aliphatic rings. The number of carbonyl (C=O) groups excluding carboxylic acids is 1. The molecule has 0 aromatic carbocycles. The monoisotopic (exact) mass is 1250 g/mol. The second kappa shape index (κ2) is 42.5. The first kappa shape index (κ1) is 80.6. The molecule has 2 atom stereocenters. The Bertz CT molecular complexity index is 3220. The summed E-state index contributed by atoms with van der Waals surface area (Å²) in [5.41, 5.74) is 17.4. The van der Waals surface area contributed by atoms with Gasteiger partial charge in [-0.2, -0.15) is 14.4 Å². The van der Waals surface area contributed by atoms with E-state index >= 15 is 0 Å². The highest BCUT2D eigenvalue weighted by molar-refractivity contribution is 6.14. The number of aliphatic imine (C=N–C) groups is 7. The normalized spacial score (nSPS) is 19.8. The molecule has 0 amide bonds. The Kier molecular flexibility index (Phi) is 36.8. The van der Waals surface area contributed by atoms with Crippen molar-refractivity contribution in [1.82, 2.24) is 0 Å². The summed E-state index contributed by atoms with van der Waals surface area (Å²) in [5, 5.41) is 15.9. The van der Waals surface area contributed by atoms with E-state index in [4.69, 9.17) is 4.42 Å². The highest BCUT2D eigenvalue weighted by Gasteiger charge is 2.34. The zero-order valence-electron chi connectivity index (χ0n) is 58.7. The van der Waals surface area contributed by atoms with Gasteiger partial charge in [0.2, 0.25) is 23.3 Å². The third kappa shape index (κ3) is 33.8. The Morgan fingerprint density at radius 2 is 1.32 bits per heavy atom. The maximum absolute atomic E-state index is 5.04. The van der Waals surface area contributed by atoms with E-state index in [1.54, 1.807) is 47.0 Å². The van der Waals surface area contributed by atoms with Crippen LogP contribution in [0.3, 0.4) is 0 Å². The Balaban J connectivity index is 0.000000508. The van der Waals surface area contributed by atoms with Gasteiger partial charge in [-0.05, 0) is 62.1 Å². The first-order chi connectivity index (χ1) is 43.7. The third-order valence-electron chi connectivity index (χ3n) is 13.9. The summed E-state index contributed by atoms with van der Waals surface area (Å²) in [6.45, 7) is 74.0. The van der Waals surface area contributed by atoms with Gasteiger partial charge in [-0.25, -0.2) is 19.6 Å². The summed E-state index contributed by atoms with van der Waals surface area (Å²) in [6.07, 6.45) is 38.8. The first-order valence-corrected chi connectivity index (χ1v) is 29.9.